The molecule has 1 aliphatic heterocycles. The van der Waals surface area contributed by atoms with Gasteiger partial charge in [-0.1, -0.05) is 18.9 Å². The smallest absolute Gasteiger partial charge is 0.191 e. The van der Waals surface area contributed by atoms with E-state index in [1.165, 1.54) is 50.1 Å². The van der Waals surface area contributed by atoms with Crippen molar-refractivity contribution in [1.82, 2.24) is 15.5 Å². The monoisotopic (exact) mass is 462 g/mol. The maximum Gasteiger partial charge on any atom is 0.191 e. The van der Waals surface area contributed by atoms with Gasteiger partial charge >= 0.3 is 0 Å². The van der Waals surface area contributed by atoms with E-state index in [0.29, 0.717) is 6.04 Å². The van der Waals surface area contributed by atoms with E-state index in [-0.39, 0.29) is 24.0 Å². The lowest BCUT2D eigenvalue weighted by molar-refractivity contribution is 0.255. The van der Waals surface area contributed by atoms with Gasteiger partial charge in [-0.2, -0.15) is 0 Å². The van der Waals surface area contributed by atoms with Crippen molar-refractivity contribution < 1.29 is 0 Å². The maximum absolute atomic E-state index is 4.89. The Hall–Kier alpha value is -0.340. The number of hydrogen-bond acceptors (Lipinski definition) is 3. The summed E-state index contributed by atoms with van der Waals surface area (Å²) in [5.41, 5.74) is 0. The normalized spacial score (nSPS) is 19.8. The van der Waals surface area contributed by atoms with Crippen molar-refractivity contribution in [2.45, 2.75) is 45.1 Å². The van der Waals surface area contributed by atoms with Crippen molar-refractivity contribution in [1.29, 1.82) is 0 Å². The zero-order chi connectivity index (χ0) is 15.9. The van der Waals surface area contributed by atoms with Gasteiger partial charge in [0.2, 0.25) is 0 Å². The molecular formula is C18H31IN4S. The Labute approximate surface area is 167 Å². The van der Waals surface area contributed by atoms with Gasteiger partial charge in [0.25, 0.3) is 0 Å². The summed E-state index contributed by atoms with van der Waals surface area (Å²) in [5.74, 6) is 1.95. The highest BCUT2D eigenvalue weighted by atomic mass is 127. The van der Waals surface area contributed by atoms with Crippen molar-refractivity contribution in [2.24, 2.45) is 10.9 Å². The molecule has 3 rings (SSSR count). The first kappa shape index (κ1) is 20.0. The molecule has 0 bridgehead atoms. The van der Waals surface area contributed by atoms with Crippen LogP contribution in [-0.2, 0) is 0 Å². The molecule has 1 unspecified atom stereocenters. The van der Waals surface area contributed by atoms with Gasteiger partial charge in [-0.05, 0) is 56.6 Å². The molecule has 4 nitrogen and oxygen atoms in total. The molecule has 1 atom stereocenters. The van der Waals surface area contributed by atoms with Crippen LogP contribution in [-0.4, -0.2) is 43.6 Å². The minimum atomic E-state index is 0. The molecular weight excluding hydrogens is 431 g/mol. The Bertz CT molecular complexity index is 481. The SMILES string of the molecule is CCNC(=NCC(c1cccs1)N1CCCC1)NCCC1CC1.I. The Kier molecular flexibility index (Phi) is 8.83. The molecule has 6 heteroatoms. The molecule has 24 heavy (non-hydrogen) atoms. The van der Waals surface area contributed by atoms with E-state index in [2.05, 4.69) is 40.0 Å². The van der Waals surface area contributed by atoms with Gasteiger partial charge < -0.3 is 10.6 Å². The summed E-state index contributed by atoms with van der Waals surface area (Å²) in [6, 6.07) is 4.86. The molecule has 2 aliphatic rings. The zero-order valence-electron chi connectivity index (χ0n) is 14.7. The Morgan fingerprint density at radius 1 is 1.33 bits per heavy atom. The van der Waals surface area contributed by atoms with Crippen LogP contribution in [0.1, 0.15) is 49.9 Å². The van der Waals surface area contributed by atoms with Gasteiger partial charge in [-0.3, -0.25) is 9.89 Å². The van der Waals surface area contributed by atoms with Gasteiger partial charge in [0.15, 0.2) is 5.96 Å². The van der Waals surface area contributed by atoms with E-state index >= 15 is 0 Å². The summed E-state index contributed by atoms with van der Waals surface area (Å²) in [6.45, 7) is 7.37. The minimum absolute atomic E-state index is 0. The average molecular weight is 462 g/mol. The third kappa shape index (κ3) is 6.19. The predicted octanol–water partition coefficient (Wildman–Crippen LogP) is 3.86. The molecule has 0 radical (unpaired) electrons. The van der Waals surface area contributed by atoms with Crippen molar-refractivity contribution in [2.75, 3.05) is 32.7 Å². The summed E-state index contributed by atoms with van der Waals surface area (Å²) < 4.78 is 0. The highest BCUT2D eigenvalue weighted by Crippen LogP contribution is 2.31. The summed E-state index contributed by atoms with van der Waals surface area (Å²) in [7, 11) is 0. The number of guanidine groups is 1. The van der Waals surface area contributed by atoms with Crippen LogP contribution in [0.2, 0.25) is 0 Å². The fourth-order valence-electron chi connectivity index (χ4n) is 3.24. The molecule has 2 heterocycles. The minimum Gasteiger partial charge on any atom is -0.357 e. The van der Waals surface area contributed by atoms with Gasteiger partial charge in [0.1, 0.15) is 0 Å². The molecule has 0 aromatic carbocycles. The van der Waals surface area contributed by atoms with Crippen LogP contribution in [0.15, 0.2) is 22.5 Å². The number of aliphatic imine (C=N–C) groups is 1. The van der Waals surface area contributed by atoms with E-state index in [1.807, 2.05) is 11.3 Å². The Morgan fingerprint density at radius 2 is 2.12 bits per heavy atom. The summed E-state index contributed by atoms with van der Waals surface area (Å²) in [6.07, 6.45) is 6.77. The molecule has 0 spiro atoms. The van der Waals surface area contributed by atoms with Gasteiger partial charge in [-0.15, -0.1) is 35.3 Å². The highest BCUT2D eigenvalue weighted by molar-refractivity contribution is 14.0. The fourth-order valence-corrected chi connectivity index (χ4v) is 4.09. The second-order valence-electron chi connectivity index (χ2n) is 6.65. The molecule has 1 aromatic heterocycles. The van der Waals surface area contributed by atoms with Gasteiger partial charge in [0, 0.05) is 18.0 Å². The quantitative estimate of drug-likeness (QED) is 0.350. The first-order valence-electron chi connectivity index (χ1n) is 9.16. The predicted molar refractivity (Wildman–Crippen MR) is 115 cm³/mol. The lowest BCUT2D eigenvalue weighted by Crippen LogP contribution is -2.39. The molecule has 0 amide bonds. The average Bonchev–Trinajstić information content (AvgIpc) is 3.04. The van der Waals surface area contributed by atoms with E-state index in [0.717, 1.165) is 31.5 Å². The summed E-state index contributed by atoms with van der Waals surface area (Å²) in [5, 5.41) is 9.08. The lowest BCUT2D eigenvalue weighted by atomic mass is 10.2. The van der Waals surface area contributed by atoms with Crippen molar-refractivity contribution in [3.05, 3.63) is 22.4 Å². The van der Waals surface area contributed by atoms with Crippen molar-refractivity contribution in [3.8, 4) is 0 Å². The first-order valence-corrected chi connectivity index (χ1v) is 10.0. The molecule has 1 aliphatic carbocycles. The zero-order valence-corrected chi connectivity index (χ0v) is 17.8. The van der Waals surface area contributed by atoms with E-state index in [9.17, 15) is 0 Å². The van der Waals surface area contributed by atoms with Crippen molar-refractivity contribution >= 4 is 41.3 Å². The molecule has 2 fully saturated rings. The largest absolute Gasteiger partial charge is 0.357 e. The lowest BCUT2D eigenvalue weighted by Gasteiger charge is -2.25. The van der Waals surface area contributed by atoms with Crippen LogP contribution < -0.4 is 10.6 Å². The van der Waals surface area contributed by atoms with Crippen LogP contribution in [0.3, 0.4) is 0 Å². The second-order valence-corrected chi connectivity index (χ2v) is 7.63. The number of rotatable bonds is 8. The fraction of sp³-hybridized carbons (Fsp3) is 0.722. The number of thiophene rings is 1. The third-order valence-corrected chi connectivity index (χ3v) is 5.74. The van der Waals surface area contributed by atoms with Crippen LogP contribution in [0.4, 0.5) is 0 Å². The van der Waals surface area contributed by atoms with Gasteiger partial charge in [-0.25, -0.2) is 0 Å². The Morgan fingerprint density at radius 3 is 2.75 bits per heavy atom. The number of hydrogen-bond donors (Lipinski definition) is 2. The van der Waals surface area contributed by atoms with Crippen LogP contribution in [0, 0.1) is 5.92 Å². The number of halogens is 1. The van der Waals surface area contributed by atoms with Crippen LogP contribution >= 0.6 is 35.3 Å². The van der Waals surface area contributed by atoms with E-state index < -0.39 is 0 Å². The third-order valence-electron chi connectivity index (χ3n) is 4.76. The molecule has 1 aromatic rings. The number of nitrogens with zero attached hydrogens (tertiary/aromatic N) is 2. The standard InChI is InChI=1S/C18H30N4S.HI/c1-2-19-18(20-10-9-15-7-8-15)21-14-16(17-6-5-13-23-17)22-11-3-4-12-22;/h5-6,13,15-16H,2-4,7-12,14H2,1H3,(H2,19,20,21);1H. The number of likely N-dealkylation sites (tertiary alicyclic amines) is 1. The van der Waals surface area contributed by atoms with Gasteiger partial charge in [0.05, 0.1) is 12.6 Å². The van der Waals surface area contributed by atoms with Crippen LogP contribution in [0.25, 0.3) is 0 Å². The Balaban J connectivity index is 0.00000208. The van der Waals surface area contributed by atoms with E-state index in [1.54, 1.807) is 0 Å². The summed E-state index contributed by atoms with van der Waals surface area (Å²) >= 11 is 1.86. The molecule has 1 saturated carbocycles. The maximum atomic E-state index is 4.89. The highest BCUT2D eigenvalue weighted by Gasteiger charge is 2.24. The van der Waals surface area contributed by atoms with E-state index in [4.69, 9.17) is 4.99 Å². The molecule has 136 valence electrons. The summed E-state index contributed by atoms with van der Waals surface area (Å²) in [4.78, 5) is 8.94. The second kappa shape index (κ2) is 10.6. The molecule has 2 N–H and O–H groups in total. The van der Waals surface area contributed by atoms with Crippen LogP contribution in [0.5, 0.6) is 0 Å². The first-order chi connectivity index (χ1) is 11.4. The topological polar surface area (TPSA) is 39.7 Å². The number of nitrogens with one attached hydrogen (secondary N) is 2. The van der Waals surface area contributed by atoms with Crippen molar-refractivity contribution in [3.63, 3.8) is 0 Å². The molecule has 1 saturated heterocycles.